The zero-order valence-electron chi connectivity index (χ0n) is 12.7. The molecule has 0 radical (unpaired) electrons. The van der Waals surface area contributed by atoms with Crippen molar-refractivity contribution >= 4 is 22.6 Å². The minimum absolute atomic E-state index is 0.0799. The molecule has 3 aromatic rings. The summed E-state index contributed by atoms with van der Waals surface area (Å²) in [5, 5.41) is 11.2. The van der Waals surface area contributed by atoms with Crippen LogP contribution in [0.5, 0.6) is 0 Å². The molecule has 0 aliphatic heterocycles. The molecule has 0 spiro atoms. The van der Waals surface area contributed by atoms with Gasteiger partial charge in [-0.05, 0) is 43.2 Å². The van der Waals surface area contributed by atoms with Gasteiger partial charge in [0.15, 0.2) is 0 Å². The Hall–Kier alpha value is -2.69. The second kappa shape index (κ2) is 5.97. The molecule has 1 aromatic heterocycles. The first-order chi connectivity index (χ1) is 10.7. The molecule has 3 rings (SSSR count). The van der Waals surface area contributed by atoms with E-state index in [9.17, 15) is 4.79 Å². The van der Waals surface area contributed by atoms with Crippen molar-refractivity contribution in [2.45, 2.75) is 26.3 Å². The maximum atomic E-state index is 12.6. The van der Waals surface area contributed by atoms with Crippen LogP contribution in [0.1, 0.15) is 24.9 Å². The van der Waals surface area contributed by atoms with Gasteiger partial charge in [-0.25, -0.2) is 4.68 Å². The minimum Gasteiger partial charge on any atom is -0.324 e. The highest BCUT2D eigenvalue weighted by Crippen LogP contribution is 2.20. The summed E-state index contributed by atoms with van der Waals surface area (Å²) in [6, 6.07) is 15.0. The van der Waals surface area contributed by atoms with E-state index in [4.69, 9.17) is 0 Å². The van der Waals surface area contributed by atoms with Crippen molar-refractivity contribution in [2.75, 3.05) is 5.32 Å². The lowest BCUT2D eigenvalue weighted by Crippen LogP contribution is -2.26. The third kappa shape index (κ3) is 2.70. The first-order valence-electron chi connectivity index (χ1n) is 7.36. The summed E-state index contributed by atoms with van der Waals surface area (Å²) in [5.41, 5.74) is 3.57. The van der Waals surface area contributed by atoms with Crippen LogP contribution in [0.2, 0.25) is 0 Å². The number of benzene rings is 2. The fraction of sp³-hybridized carbons (Fsp3) is 0.235. The number of hydrogen-bond donors (Lipinski definition) is 1. The zero-order chi connectivity index (χ0) is 15.5. The number of aromatic nitrogens is 3. The zero-order valence-corrected chi connectivity index (χ0v) is 12.7. The molecule has 0 fully saturated rings. The molecule has 1 heterocycles. The van der Waals surface area contributed by atoms with Crippen molar-refractivity contribution in [3.8, 4) is 0 Å². The highest BCUT2D eigenvalue weighted by molar-refractivity contribution is 5.94. The molecule has 0 aliphatic carbocycles. The van der Waals surface area contributed by atoms with Gasteiger partial charge < -0.3 is 5.32 Å². The SMILES string of the molecule is CCC(C(=O)Nc1cccc(C)c1)n1nnc2ccccc21. The monoisotopic (exact) mass is 294 g/mol. The maximum absolute atomic E-state index is 12.6. The van der Waals surface area contributed by atoms with Crippen LogP contribution in [-0.2, 0) is 4.79 Å². The summed E-state index contributed by atoms with van der Waals surface area (Å²) in [5.74, 6) is -0.0799. The predicted molar refractivity (Wildman–Crippen MR) is 86.7 cm³/mol. The summed E-state index contributed by atoms with van der Waals surface area (Å²) in [6.07, 6.45) is 0.644. The Bertz CT molecular complexity index is 809. The predicted octanol–water partition coefficient (Wildman–Crippen LogP) is 3.33. The topological polar surface area (TPSA) is 59.8 Å². The van der Waals surface area contributed by atoms with Gasteiger partial charge in [-0.3, -0.25) is 4.79 Å². The highest BCUT2D eigenvalue weighted by atomic mass is 16.2. The molecule has 0 bridgehead atoms. The van der Waals surface area contributed by atoms with Crippen molar-refractivity contribution in [3.63, 3.8) is 0 Å². The fourth-order valence-corrected chi connectivity index (χ4v) is 2.54. The van der Waals surface area contributed by atoms with Gasteiger partial charge in [0.2, 0.25) is 5.91 Å². The highest BCUT2D eigenvalue weighted by Gasteiger charge is 2.21. The van der Waals surface area contributed by atoms with E-state index in [1.807, 2.05) is 62.4 Å². The lowest BCUT2D eigenvalue weighted by Gasteiger charge is -2.16. The Morgan fingerprint density at radius 2 is 2.05 bits per heavy atom. The van der Waals surface area contributed by atoms with Gasteiger partial charge in [0.1, 0.15) is 11.6 Å². The van der Waals surface area contributed by atoms with Gasteiger partial charge in [-0.2, -0.15) is 0 Å². The number of anilines is 1. The second-order valence-electron chi connectivity index (χ2n) is 5.31. The molecule has 5 heteroatoms. The van der Waals surface area contributed by atoms with E-state index in [1.165, 1.54) is 0 Å². The normalized spacial score (nSPS) is 12.3. The molecule has 22 heavy (non-hydrogen) atoms. The molecule has 5 nitrogen and oxygen atoms in total. The molecule has 0 aliphatic rings. The van der Waals surface area contributed by atoms with Gasteiger partial charge in [-0.15, -0.1) is 5.10 Å². The number of carbonyl (C=O) groups excluding carboxylic acids is 1. The van der Waals surface area contributed by atoms with Crippen LogP contribution in [0.3, 0.4) is 0 Å². The van der Waals surface area contributed by atoms with Gasteiger partial charge in [0.05, 0.1) is 5.52 Å². The van der Waals surface area contributed by atoms with E-state index in [0.29, 0.717) is 6.42 Å². The van der Waals surface area contributed by atoms with Crippen LogP contribution in [0.25, 0.3) is 11.0 Å². The van der Waals surface area contributed by atoms with Gasteiger partial charge in [0.25, 0.3) is 0 Å². The Kier molecular flexibility index (Phi) is 3.87. The molecule has 1 N–H and O–H groups in total. The molecule has 2 aromatic carbocycles. The molecule has 1 atom stereocenters. The number of para-hydroxylation sites is 1. The Labute approximate surface area is 129 Å². The quantitative estimate of drug-likeness (QED) is 0.803. The maximum Gasteiger partial charge on any atom is 0.249 e. The summed E-state index contributed by atoms with van der Waals surface area (Å²) in [6.45, 7) is 3.97. The third-order valence-electron chi connectivity index (χ3n) is 3.65. The number of amides is 1. The molecule has 112 valence electrons. The van der Waals surface area contributed by atoms with Gasteiger partial charge in [0, 0.05) is 5.69 Å². The number of nitrogens with one attached hydrogen (secondary N) is 1. The second-order valence-corrected chi connectivity index (χ2v) is 5.31. The third-order valence-corrected chi connectivity index (χ3v) is 3.65. The first kappa shape index (κ1) is 14.3. The van der Waals surface area contributed by atoms with Crippen LogP contribution < -0.4 is 5.32 Å². The van der Waals surface area contributed by atoms with E-state index in [1.54, 1.807) is 4.68 Å². The molecular weight excluding hydrogens is 276 g/mol. The van der Waals surface area contributed by atoms with Crippen LogP contribution >= 0.6 is 0 Å². The number of carbonyl (C=O) groups is 1. The number of hydrogen-bond acceptors (Lipinski definition) is 3. The van der Waals surface area contributed by atoms with E-state index in [2.05, 4.69) is 15.6 Å². The van der Waals surface area contributed by atoms with E-state index in [-0.39, 0.29) is 11.9 Å². The van der Waals surface area contributed by atoms with E-state index in [0.717, 1.165) is 22.3 Å². The largest absolute Gasteiger partial charge is 0.324 e. The van der Waals surface area contributed by atoms with E-state index < -0.39 is 0 Å². The summed E-state index contributed by atoms with van der Waals surface area (Å²) in [7, 11) is 0. The first-order valence-corrected chi connectivity index (χ1v) is 7.36. The van der Waals surface area contributed by atoms with Crippen LogP contribution in [0.15, 0.2) is 48.5 Å². The number of rotatable bonds is 4. The Morgan fingerprint density at radius 3 is 2.82 bits per heavy atom. The summed E-state index contributed by atoms with van der Waals surface area (Å²) in [4.78, 5) is 12.6. The fourth-order valence-electron chi connectivity index (χ4n) is 2.54. The van der Waals surface area contributed by atoms with Crippen molar-refractivity contribution in [1.29, 1.82) is 0 Å². The molecular formula is C17H18N4O. The Morgan fingerprint density at radius 1 is 1.23 bits per heavy atom. The van der Waals surface area contributed by atoms with Crippen LogP contribution in [0.4, 0.5) is 5.69 Å². The molecule has 0 saturated heterocycles. The van der Waals surface area contributed by atoms with Gasteiger partial charge in [-0.1, -0.05) is 36.4 Å². The van der Waals surface area contributed by atoms with E-state index >= 15 is 0 Å². The van der Waals surface area contributed by atoms with Crippen molar-refractivity contribution in [3.05, 3.63) is 54.1 Å². The Balaban J connectivity index is 1.89. The van der Waals surface area contributed by atoms with Crippen molar-refractivity contribution in [2.24, 2.45) is 0 Å². The van der Waals surface area contributed by atoms with Gasteiger partial charge >= 0.3 is 0 Å². The van der Waals surface area contributed by atoms with Crippen LogP contribution in [-0.4, -0.2) is 20.9 Å². The smallest absolute Gasteiger partial charge is 0.249 e. The summed E-state index contributed by atoms with van der Waals surface area (Å²) < 4.78 is 1.69. The number of aryl methyl sites for hydroxylation is 1. The lowest BCUT2D eigenvalue weighted by molar-refractivity contribution is -0.119. The van der Waals surface area contributed by atoms with Crippen LogP contribution in [0, 0.1) is 6.92 Å². The lowest BCUT2D eigenvalue weighted by atomic mass is 10.1. The minimum atomic E-state index is -0.382. The molecule has 1 amide bonds. The molecule has 1 unspecified atom stereocenters. The molecule has 0 saturated carbocycles. The summed E-state index contributed by atoms with van der Waals surface area (Å²) >= 11 is 0. The average Bonchev–Trinajstić information content (AvgIpc) is 2.92. The standard InChI is InChI=1S/C17H18N4O/c1-3-15(17(22)18-13-8-6-7-12(2)11-13)21-16-10-5-4-9-14(16)19-20-21/h4-11,15H,3H2,1-2H3,(H,18,22). The number of fused-ring (bicyclic) bond motifs is 1. The number of nitrogens with zero attached hydrogens (tertiary/aromatic N) is 3. The van der Waals surface area contributed by atoms with Crippen molar-refractivity contribution < 1.29 is 4.79 Å². The van der Waals surface area contributed by atoms with Crippen molar-refractivity contribution in [1.82, 2.24) is 15.0 Å². The average molecular weight is 294 g/mol.